The molecule has 3 N–H and O–H groups in total. The van der Waals surface area contributed by atoms with Gasteiger partial charge in [0.05, 0.1) is 10.9 Å². The molecule has 0 atom stereocenters. The third-order valence-electron chi connectivity index (χ3n) is 2.95. The maximum atomic E-state index is 11.8. The van der Waals surface area contributed by atoms with Crippen molar-refractivity contribution < 1.29 is 13.0 Å². The summed E-state index contributed by atoms with van der Waals surface area (Å²) in [7, 11) is -4.59. The molecule has 1 aromatic heterocycles. The molecule has 0 spiro atoms. The number of aromatic amines is 2. The minimum Gasteiger partial charge on any atom is -0.307 e. The largest absolute Gasteiger partial charge is 0.326 e. The van der Waals surface area contributed by atoms with Gasteiger partial charge in [0, 0.05) is 0 Å². The molecule has 0 saturated heterocycles. The van der Waals surface area contributed by atoms with Crippen molar-refractivity contribution in [2.45, 2.75) is 31.1 Å². The monoisotopic (exact) mass is 298 g/mol. The highest BCUT2D eigenvalue weighted by Crippen LogP contribution is 2.28. The van der Waals surface area contributed by atoms with Gasteiger partial charge in [-0.05, 0) is 23.1 Å². The predicted molar refractivity (Wildman–Crippen MR) is 73.7 cm³/mol. The lowest BCUT2D eigenvalue weighted by Gasteiger charge is -2.20. The highest BCUT2D eigenvalue weighted by atomic mass is 32.2. The van der Waals surface area contributed by atoms with Crippen molar-refractivity contribution in [3.8, 4) is 0 Å². The second-order valence-electron chi connectivity index (χ2n) is 5.53. The third kappa shape index (κ3) is 2.52. The van der Waals surface area contributed by atoms with Gasteiger partial charge in [-0.1, -0.05) is 20.8 Å². The zero-order chi connectivity index (χ0) is 15.3. The molecule has 1 heterocycles. The van der Waals surface area contributed by atoms with E-state index in [0.29, 0.717) is 5.56 Å². The smallest absolute Gasteiger partial charge is 0.307 e. The third-order valence-corrected chi connectivity index (χ3v) is 3.83. The van der Waals surface area contributed by atoms with Crippen molar-refractivity contribution in [3.05, 3.63) is 38.5 Å². The van der Waals surface area contributed by atoms with E-state index >= 15 is 0 Å². The van der Waals surface area contributed by atoms with Gasteiger partial charge in [0.15, 0.2) is 0 Å². The van der Waals surface area contributed by atoms with E-state index < -0.39 is 31.7 Å². The second kappa shape index (κ2) is 4.29. The standard InChI is InChI=1S/C12H14N2O5S/c1-12(2,3)6-4-7-9(8(5-6)20(17,18)19)10(15)14-11(16)13-7/h4-5H,1-3H3,(H,17,18,19)(H2,13,14,15,16). The number of H-pyrrole nitrogens is 2. The SMILES string of the molecule is CC(C)(C)c1cc(S(=O)(=O)O)c2c(=O)[nH]c(=O)[nH]c2c1. The first-order chi connectivity index (χ1) is 9.00. The lowest BCUT2D eigenvalue weighted by atomic mass is 9.86. The summed E-state index contributed by atoms with van der Waals surface area (Å²) in [6, 6.07) is 2.77. The predicted octanol–water partition coefficient (Wildman–Crippen LogP) is 0.761. The van der Waals surface area contributed by atoms with Crippen LogP contribution in [0.3, 0.4) is 0 Å². The summed E-state index contributed by atoms with van der Waals surface area (Å²) in [5.74, 6) is 0. The first-order valence-electron chi connectivity index (χ1n) is 5.78. The Kier molecular flexibility index (Phi) is 3.10. The van der Waals surface area contributed by atoms with Crippen molar-refractivity contribution >= 4 is 21.0 Å². The molecule has 2 rings (SSSR count). The van der Waals surface area contributed by atoms with Crippen LogP contribution >= 0.6 is 0 Å². The van der Waals surface area contributed by atoms with Crippen LogP contribution in [0.5, 0.6) is 0 Å². The van der Waals surface area contributed by atoms with Gasteiger partial charge in [-0.2, -0.15) is 8.42 Å². The maximum Gasteiger partial charge on any atom is 0.326 e. The summed E-state index contributed by atoms with van der Waals surface area (Å²) >= 11 is 0. The van der Waals surface area contributed by atoms with Crippen molar-refractivity contribution in [1.82, 2.24) is 9.97 Å². The lowest BCUT2D eigenvalue weighted by molar-refractivity contribution is 0.483. The normalized spacial score (nSPS) is 12.8. The highest BCUT2D eigenvalue weighted by molar-refractivity contribution is 7.86. The van der Waals surface area contributed by atoms with Crippen molar-refractivity contribution in [2.24, 2.45) is 0 Å². The molecule has 1 aromatic carbocycles. The molecule has 0 amide bonds. The zero-order valence-electron chi connectivity index (χ0n) is 11.1. The maximum absolute atomic E-state index is 11.8. The van der Waals surface area contributed by atoms with Gasteiger partial charge >= 0.3 is 5.69 Å². The molecule has 20 heavy (non-hydrogen) atoms. The molecule has 0 aliphatic heterocycles. The first-order valence-corrected chi connectivity index (χ1v) is 7.22. The van der Waals surface area contributed by atoms with E-state index in [2.05, 4.69) is 4.98 Å². The molecule has 2 aromatic rings. The molecule has 0 unspecified atom stereocenters. The van der Waals surface area contributed by atoms with Gasteiger partial charge in [-0.3, -0.25) is 14.3 Å². The summed E-state index contributed by atoms with van der Waals surface area (Å²) < 4.78 is 32.2. The fraction of sp³-hybridized carbons (Fsp3) is 0.333. The van der Waals surface area contributed by atoms with Crippen LogP contribution in [0.25, 0.3) is 10.9 Å². The Balaban J connectivity index is 3.10. The molecule has 0 saturated carbocycles. The van der Waals surface area contributed by atoms with E-state index in [0.717, 1.165) is 0 Å². The molecule has 0 fully saturated rings. The zero-order valence-corrected chi connectivity index (χ0v) is 12.0. The summed E-state index contributed by atoms with van der Waals surface area (Å²) in [5.41, 5.74) is -1.39. The number of hydrogen-bond acceptors (Lipinski definition) is 4. The summed E-state index contributed by atoms with van der Waals surface area (Å²) in [5, 5.41) is -0.264. The Labute approximate surface area is 114 Å². The Bertz CT molecular complexity index is 900. The molecule has 0 aliphatic rings. The van der Waals surface area contributed by atoms with Crippen molar-refractivity contribution in [1.29, 1.82) is 0 Å². The van der Waals surface area contributed by atoms with E-state index in [1.165, 1.54) is 12.1 Å². The molecular weight excluding hydrogens is 284 g/mol. The lowest BCUT2D eigenvalue weighted by Crippen LogP contribution is -2.24. The number of nitrogens with one attached hydrogen (secondary N) is 2. The van der Waals surface area contributed by atoms with Crippen LogP contribution in [0.2, 0.25) is 0 Å². The molecule has 8 heteroatoms. The van der Waals surface area contributed by atoms with Gasteiger partial charge in [0.25, 0.3) is 15.7 Å². The minimum atomic E-state index is -4.59. The summed E-state index contributed by atoms with van der Waals surface area (Å²) in [6.07, 6.45) is 0. The van der Waals surface area contributed by atoms with E-state index in [4.69, 9.17) is 0 Å². The Hall–Kier alpha value is -1.93. The summed E-state index contributed by atoms with van der Waals surface area (Å²) in [6.45, 7) is 5.52. The first kappa shape index (κ1) is 14.5. The summed E-state index contributed by atoms with van der Waals surface area (Å²) in [4.78, 5) is 26.9. The topological polar surface area (TPSA) is 120 Å². The van der Waals surface area contributed by atoms with Gasteiger partial charge in [0.1, 0.15) is 4.90 Å². The number of rotatable bonds is 1. The number of fused-ring (bicyclic) bond motifs is 1. The molecule has 108 valence electrons. The molecule has 0 bridgehead atoms. The number of hydrogen-bond donors (Lipinski definition) is 3. The quantitative estimate of drug-likeness (QED) is 0.671. The fourth-order valence-corrected chi connectivity index (χ4v) is 2.64. The molecule has 7 nitrogen and oxygen atoms in total. The Morgan fingerprint density at radius 3 is 2.20 bits per heavy atom. The van der Waals surface area contributed by atoms with E-state index in [9.17, 15) is 22.6 Å². The Morgan fingerprint density at radius 1 is 1.10 bits per heavy atom. The van der Waals surface area contributed by atoms with Crippen LogP contribution in [0.1, 0.15) is 26.3 Å². The fourth-order valence-electron chi connectivity index (χ4n) is 1.90. The number of benzene rings is 1. The van der Waals surface area contributed by atoms with E-state index in [-0.39, 0.29) is 10.9 Å². The minimum absolute atomic E-state index is 0.0683. The van der Waals surface area contributed by atoms with Gasteiger partial charge in [-0.15, -0.1) is 0 Å². The van der Waals surface area contributed by atoms with Crippen LogP contribution < -0.4 is 11.2 Å². The van der Waals surface area contributed by atoms with Crippen LogP contribution in [-0.4, -0.2) is 22.9 Å². The van der Waals surface area contributed by atoms with E-state index in [1.807, 2.05) is 25.8 Å². The Morgan fingerprint density at radius 2 is 1.70 bits per heavy atom. The van der Waals surface area contributed by atoms with Crippen LogP contribution in [0, 0.1) is 0 Å². The average Bonchev–Trinajstić information content (AvgIpc) is 2.24. The molecule has 0 aliphatic carbocycles. The second-order valence-corrected chi connectivity index (χ2v) is 6.92. The van der Waals surface area contributed by atoms with Crippen LogP contribution in [0.4, 0.5) is 0 Å². The van der Waals surface area contributed by atoms with Crippen LogP contribution in [0.15, 0.2) is 26.6 Å². The highest BCUT2D eigenvalue weighted by Gasteiger charge is 2.23. The van der Waals surface area contributed by atoms with Gasteiger partial charge < -0.3 is 4.98 Å². The molecule has 0 radical (unpaired) electrons. The number of aromatic nitrogens is 2. The van der Waals surface area contributed by atoms with Crippen LogP contribution in [-0.2, 0) is 15.5 Å². The average molecular weight is 298 g/mol. The van der Waals surface area contributed by atoms with Gasteiger partial charge in [0.2, 0.25) is 0 Å². The van der Waals surface area contributed by atoms with Gasteiger partial charge in [-0.25, -0.2) is 4.79 Å². The van der Waals surface area contributed by atoms with Crippen molar-refractivity contribution in [2.75, 3.05) is 0 Å². The van der Waals surface area contributed by atoms with Crippen molar-refractivity contribution in [3.63, 3.8) is 0 Å². The van der Waals surface area contributed by atoms with E-state index in [1.54, 1.807) is 0 Å². The molecular formula is C12H14N2O5S.